The molecule has 0 spiro atoms. The minimum atomic E-state index is 0.724. The minimum absolute atomic E-state index is 0.724. The molecule has 2 rings (SSSR count). The van der Waals surface area contributed by atoms with Crippen LogP contribution in [0.3, 0.4) is 0 Å². The quantitative estimate of drug-likeness (QED) is 0.845. The Morgan fingerprint density at radius 3 is 2.85 bits per heavy atom. The predicted octanol–water partition coefficient (Wildman–Crippen LogP) is 2.82. The summed E-state index contributed by atoms with van der Waals surface area (Å²) >= 11 is 3.55. The summed E-state index contributed by atoms with van der Waals surface area (Å²) in [6, 6.07) is 6.63. The van der Waals surface area contributed by atoms with Crippen molar-refractivity contribution < 1.29 is 0 Å². The number of rotatable bonds is 2. The topological polar surface area (TPSA) is 26.0 Å². The lowest BCUT2D eigenvalue weighted by Gasteiger charge is -2.02. The molecule has 2 unspecified atom stereocenters. The first-order chi connectivity index (χ1) is 6.22. The number of hydrogen-bond acceptors (Lipinski definition) is 1. The van der Waals surface area contributed by atoms with Gasteiger partial charge in [-0.15, -0.1) is 0 Å². The van der Waals surface area contributed by atoms with Gasteiger partial charge in [0.2, 0.25) is 0 Å². The lowest BCUT2D eigenvalue weighted by Crippen LogP contribution is -2.01. The molecule has 1 nitrogen and oxygen atoms in total. The highest BCUT2D eigenvalue weighted by Crippen LogP contribution is 2.47. The van der Waals surface area contributed by atoms with E-state index < -0.39 is 0 Å². The Hall–Kier alpha value is -0.340. The second-order valence-corrected chi connectivity index (χ2v) is 4.70. The monoisotopic (exact) mass is 239 g/mol. The van der Waals surface area contributed by atoms with E-state index in [0.29, 0.717) is 0 Å². The van der Waals surface area contributed by atoms with Gasteiger partial charge in [-0.3, -0.25) is 0 Å². The van der Waals surface area contributed by atoms with Crippen LogP contribution in [0.1, 0.15) is 23.5 Å². The molecule has 0 radical (unpaired) electrons. The van der Waals surface area contributed by atoms with Gasteiger partial charge in [0, 0.05) is 4.47 Å². The van der Waals surface area contributed by atoms with Gasteiger partial charge in [-0.25, -0.2) is 0 Å². The van der Waals surface area contributed by atoms with E-state index in [-0.39, 0.29) is 0 Å². The Kier molecular flexibility index (Phi) is 2.43. The zero-order valence-electron chi connectivity index (χ0n) is 7.76. The van der Waals surface area contributed by atoms with E-state index in [0.717, 1.165) is 18.4 Å². The van der Waals surface area contributed by atoms with Crippen molar-refractivity contribution in [3.05, 3.63) is 33.8 Å². The van der Waals surface area contributed by atoms with E-state index in [9.17, 15) is 0 Å². The summed E-state index contributed by atoms with van der Waals surface area (Å²) in [6.45, 7) is 2.94. The molecule has 2 N–H and O–H groups in total. The fourth-order valence-electron chi connectivity index (χ4n) is 1.76. The molecule has 0 heterocycles. The molecule has 70 valence electrons. The van der Waals surface area contributed by atoms with Crippen molar-refractivity contribution in [2.24, 2.45) is 11.7 Å². The second kappa shape index (κ2) is 3.43. The fourth-order valence-corrected chi connectivity index (χ4v) is 2.15. The normalized spacial score (nSPS) is 26.1. The summed E-state index contributed by atoms with van der Waals surface area (Å²) in [6.07, 6.45) is 1.27. The van der Waals surface area contributed by atoms with Crippen molar-refractivity contribution in [1.82, 2.24) is 0 Å². The minimum Gasteiger partial charge on any atom is -0.330 e. The van der Waals surface area contributed by atoms with Crippen molar-refractivity contribution in [3.63, 3.8) is 0 Å². The summed E-state index contributed by atoms with van der Waals surface area (Å²) in [7, 11) is 0. The van der Waals surface area contributed by atoms with Crippen molar-refractivity contribution in [2.75, 3.05) is 6.54 Å². The Bertz CT molecular complexity index is 322. The molecule has 0 saturated heterocycles. The zero-order valence-corrected chi connectivity index (χ0v) is 9.34. The maximum atomic E-state index is 5.62. The molecular weight excluding hydrogens is 226 g/mol. The lowest BCUT2D eigenvalue weighted by molar-refractivity contribution is 0.809. The fraction of sp³-hybridized carbons (Fsp3) is 0.455. The van der Waals surface area contributed by atoms with Gasteiger partial charge in [0.05, 0.1) is 0 Å². The Morgan fingerprint density at radius 2 is 2.31 bits per heavy atom. The molecule has 1 aliphatic carbocycles. The molecule has 1 saturated carbocycles. The Labute approximate surface area is 87.5 Å². The average Bonchev–Trinajstić information content (AvgIpc) is 2.88. The van der Waals surface area contributed by atoms with Gasteiger partial charge in [-0.1, -0.05) is 28.1 Å². The first kappa shape index (κ1) is 9.22. The molecule has 0 aliphatic heterocycles. The van der Waals surface area contributed by atoms with Crippen LogP contribution >= 0.6 is 15.9 Å². The SMILES string of the molecule is Cc1ccc(C2CC2CN)cc1Br. The predicted molar refractivity (Wildman–Crippen MR) is 58.8 cm³/mol. The molecular formula is C11H14BrN. The highest BCUT2D eigenvalue weighted by atomic mass is 79.9. The summed E-state index contributed by atoms with van der Waals surface area (Å²) in [5.74, 6) is 1.46. The highest BCUT2D eigenvalue weighted by Gasteiger charge is 2.36. The first-order valence-electron chi connectivity index (χ1n) is 4.68. The van der Waals surface area contributed by atoms with Gasteiger partial charge in [0.1, 0.15) is 0 Å². The third kappa shape index (κ3) is 1.79. The second-order valence-electron chi connectivity index (χ2n) is 3.85. The third-order valence-corrected chi connectivity index (χ3v) is 3.70. The summed E-state index contributed by atoms with van der Waals surface area (Å²) < 4.78 is 1.22. The Morgan fingerprint density at radius 1 is 1.54 bits per heavy atom. The van der Waals surface area contributed by atoms with E-state index in [2.05, 4.69) is 41.1 Å². The zero-order chi connectivity index (χ0) is 9.42. The van der Waals surface area contributed by atoms with Gasteiger partial charge in [-0.2, -0.15) is 0 Å². The number of nitrogens with two attached hydrogens (primary N) is 1. The molecule has 0 amide bonds. The van der Waals surface area contributed by atoms with Crippen LogP contribution in [-0.2, 0) is 0 Å². The lowest BCUT2D eigenvalue weighted by atomic mass is 10.1. The van der Waals surface area contributed by atoms with Gasteiger partial charge in [0.15, 0.2) is 0 Å². The maximum absolute atomic E-state index is 5.62. The summed E-state index contributed by atoms with van der Waals surface area (Å²) in [4.78, 5) is 0. The van der Waals surface area contributed by atoms with E-state index in [4.69, 9.17) is 5.73 Å². The smallest absolute Gasteiger partial charge is 0.0207 e. The molecule has 2 heteroatoms. The van der Waals surface area contributed by atoms with Gasteiger partial charge in [0.25, 0.3) is 0 Å². The van der Waals surface area contributed by atoms with Crippen LogP contribution < -0.4 is 5.73 Å². The molecule has 1 aromatic carbocycles. The largest absolute Gasteiger partial charge is 0.330 e. The van der Waals surface area contributed by atoms with Crippen LogP contribution in [0.4, 0.5) is 0 Å². The van der Waals surface area contributed by atoms with Crippen LogP contribution in [-0.4, -0.2) is 6.54 Å². The van der Waals surface area contributed by atoms with Crippen LogP contribution in [0, 0.1) is 12.8 Å². The summed E-state index contributed by atoms with van der Waals surface area (Å²) in [5.41, 5.74) is 8.36. The number of aryl methyl sites for hydroxylation is 1. The number of hydrogen-bond donors (Lipinski definition) is 1. The van der Waals surface area contributed by atoms with Gasteiger partial charge >= 0.3 is 0 Å². The maximum Gasteiger partial charge on any atom is 0.0207 e. The van der Waals surface area contributed by atoms with Crippen molar-refractivity contribution in [3.8, 4) is 0 Å². The van der Waals surface area contributed by atoms with Crippen LogP contribution in [0.25, 0.3) is 0 Å². The standard InChI is InChI=1S/C11H14BrN/c1-7-2-3-8(5-11(7)12)10-4-9(10)6-13/h2-3,5,9-10H,4,6,13H2,1H3. The van der Waals surface area contributed by atoms with Crippen LogP contribution in [0.5, 0.6) is 0 Å². The van der Waals surface area contributed by atoms with Crippen molar-refractivity contribution in [2.45, 2.75) is 19.3 Å². The van der Waals surface area contributed by atoms with E-state index in [1.807, 2.05) is 0 Å². The number of halogens is 1. The molecule has 1 fully saturated rings. The van der Waals surface area contributed by atoms with E-state index >= 15 is 0 Å². The number of benzene rings is 1. The molecule has 0 bridgehead atoms. The first-order valence-corrected chi connectivity index (χ1v) is 5.48. The van der Waals surface area contributed by atoms with E-state index in [1.165, 1.54) is 22.0 Å². The highest BCUT2D eigenvalue weighted by molar-refractivity contribution is 9.10. The molecule has 1 aliphatic rings. The van der Waals surface area contributed by atoms with Crippen LogP contribution in [0.15, 0.2) is 22.7 Å². The third-order valence-electron chi connectivity index (χ3n) is 2.85. The molecule has 1 aromatic rings. The Balaban J connectivity index is 2.19. The average molecular weight is 240 g/mol. The van der Waals surface area contributed by atoms with E-state index in [1.54, 1.807) is 0 Å². The molecule has 13 heavy (non-hydrogen) atoms. The van der Waals surface area contributed by atoms with Crippen molar-refractivity contribution >= 4 is 15.9 Å². The van der Waals surface area contributed by atoms with Crippen LogP contribution in [0.2, 0.25) is 0 Å². The molecule has 2 atom stereocenters. The molecule has 0 aromatic heterocycles. The van der Waals surface area contributed by atoms with Gasteiger partial charge < -0.3 is 5.73 Å². The summed E-state index contributed by atoms with van der Waals surface area (Å²) in [5, 5.41) is 0. The van der Waals surface area contributed by atoms with Crippen molar-refractivity contribution in [1.29, 1.82) is 0 Å². The van der Waals surface area contributed by atoms with Gasteiger partial charge in [-0.05, 0) is 48.9 Å².